The van der Waals surface area contributed by atoms with Crippen LogP contribution in [0, 0.1) is 5.92 Å². The Morgan fingerprint density at radius 3 is 2.61 bits per heavy atom. The average Bonchev–Trinajstić information content (AvgIpc) is 2.45. The molecule has 0 aromatic heterocycles. The predicted molar refractivity (Wildman–Crippen MR) is 93.1 cm³/mol. The number of benzene rings is 1. The zero-order valence-corrected chi connectivity index (χ0v) is 15.0. The predicted octanol–water partition coefficient (Wildman–Crippen LogP) is 4.41. The van der Waals surface area contributed by atoms with E-state index in [-0.39, 0.29) is 18.2 Å². The summed E-state index contributed by atoms with van der Waals surface area (Å²) in [5.74, 6) is 0.583. The topological polar surface area (TPSA) is 55.6 Å². The lowest BCUT2D eigenvalue weighted by Gasteiger charge is -2.40. The smallest absolute Gasteiger partial charge is 0.410 e. The van der Waals surface area contributed by atoms with Gasteiger partial charge >= 0.3 is 6.09 Å². The van der Waals surface area contributed by atoms with Gasteiger partial charge in [0.2, 0.25) is 0 Å². The van der Waals surface area contributed by atoms with E-state index < -0.39 is 5.60 Å². The largest absolute Gasteiger partial charge is 0.444 e. The molecule has 2 rings (SSSR count). The summed E-state index contributed by atoms with van der Waals surface area (Å²) in [5, 5.41) is 0. The number of ether oxygens (including phenoxy) is 1. The summed E-state index contributed by atoms with van der Waals surface area (Å²) in [6.45, 7) is 10.7. The molecule has 1 aromatic rings. The van der Waals surface area contributed by atoms with Crippen LogP contribution in [0.25, 0.3) is 0 Å². The van der Waals surface area contributed by atoms with Crippen LogP contribution >= 0.6 is 0 Å². The molecular weight excluding hydrogens is 288 g/mol. The summed E-state index contributed by atoms with van der Waals surface area (Å²) < 4.78 is 5.62. The molecule has 0 radical (unpaired) electrons. The van der Waals surface area contributed by atoms with E-state index in [1.807, 2.05) is 44.7 Å². The summed E-state index contributed by atoms with van der Waals surface area (Å²) in [5.41, 5.74) is 7.93. The number of likely N-dealkylation sites (tertiary alicyclic amines) is 1. The molecular formula is C19H30N2O2. The van der Waals surface area contributed by atoms with E-state index in [2.05, 4.69) is 19.1 Å². The van der Waals surface area contributed by atoms with Crippen LogP contribution in [0.3, 0.4) is 0 Å². The molecule has 128 valence electrons. The van der Waals surface area contributed by atoms with Crippen LogP contribution in [0.5, 0.6) is 0 Å². The highest BCUT2D eigenvalue weighted by molar-refractivity contribution is 5.69. The number of amides is 1. The van der Waals surface area contributed by atoms with Crippen LogP contribution in [0.1, 0.15) is 70.7 Å². The number of carbonyl (C=O) groups is 1. The van der Waals surface area contributed by atoms with Crippen LogP contribution < -0.4 is 5.73 Å². The highest BCUT2D eigenvalue weighted by atomic mass is 16.6. The van der Waals surface area contributed by atoms with E-state index in [1.165, 1.54) is 0 Å². The lowest BCUT2D eigenvalue weighted by atomic mass is 9.85. The van der Waals surface area contributed by atoms with E-state index in [0.717, 1.165) is 30.5 Å². The third kappa shape index (κ3) is 4.47. The van der Waals surface area contributed by atoms with Crippen molar-refractivity contribution in [3.63, 3.8) is 0 Å². The highest BCUT2D eigenvalue weighted by Gasteiger charge is 2.34. The van der Waals surface area contributed by atoms with Crippen LogP contribution in [0.4, 0.5) is 4.79 Å². The van der Waals surface area contributed by atoms with Gasteiger partial charge in [0.15, 0.2) is 0 Å². The Kier molecular flexibility index (Phi) is 5.35. The fraction of sp³-hybridized carbons (Fsp3) is 0.632. The molecule has 0 bridgehead atoms. The molecule has 1 fully saturated rings. The molecule has 4 heteroatoms. The van der Waals surface area contributed by atoms with Gasteiger partial charge in [0.05, 0.1) is 6.04 Å². The van der Waals surface area contributed by atoms with Crippen molar-refractivity contribution in [2.24, 2.45) is 11.7 Å². The van der Waals surface area contributed by atoms with Crippen molar-refractivity contribution in [3.05, 3.63) is 35.4 Å². The summed E-state index contributed by atoms with van der Waals surface area (Å²) in [7, 11) is 0. The number of nitrogens with zero attached hydrogens (tertiary/aromatic N) is 1. The average molecular weight is 318 g/mol. The van der Waals surface area contributed by atoms with Crippen LogP contribution in [-0.2, 0) is 4.74 Å². The fourth-order valence-corrected chi connectivity index (χ4v) is 3.20. The molecule has 1 saturated heterocycles. The Labute approximate surface area is 140 Å². The highest BCUT2D eigenvalue weighted by Crippen LogP contribution is 2.37. The number of nitrogens with two attached hydrogens (primary N) is 1. The first-order chi connectivity index (χ1) is 10.7. The first kappa shape index (κ1) is 17.8. The zero-order valence-electron chi connectivity index (χ0n) is 15.0. The van der Waals surface area contributed by atoms with Gasteiger partial charge in [-0.15, -0.1) is 0 Å². The Hall–Kier alpha value is -1.55. The van der Waals surface area contributed by atoms with Crippen LogP contribution in [-0.4, -0.2) is 23.1 Å². The van der Waals surface area contributed by atoms with Crippen molar-refractivity contribution in [1.29, 1.82) is 0 Å². The molecule has 1 aromatic carbocycles. The number of hydrogen-bond donors (Lipinski definition) is 1. The monoisotopic (exact) mass is 318 g/mol. The van der Waals surface area contributed by atoms with Gasteiger partial charge in [0, 0.05) is 12.6 Å². The minimum Gasteiger partial charge on any atom is -0.444 e. The maximum atomic E-state index is 12.7. The molecule has 4 nitrogen and oxygen atoms in total. The third-order valence-corrected chi connectivity index (χ3v) is 4.34. The standard InChI is InChI=1S/C19H30N2O2/c1-13-10-11-21(18(22)23-19(3,4)5)17(12-13)16-9-7-6-8-15(16)14(2)20/h6-9,13-14,17H,10-12,20H2,1-5H3/t13-,14-,17?/m1/s1. The molecule has 1 heterocycles. The maximum Gasteiger partial charge on any atom is 0.410 e. The number of hydrogen-bond acceptors (Lipinski definition) is 3. The minimum atomic E-state index is -0.481. The molecule has 0 spiro atoms. The summed E-state index contributed by atoms with van der Waals surface area (Å²) in [6.07, 6.45) is 1.73. The number of rotatable bonds is 2. The molecule has 0 aliphatic carbocycles. The van der Waals surface area contributed by atoms with Gasteiger partial charge in [0.1, 0.15) is 5.60 Å². The second kappa shape index (κ2) is 6.91. The van der Waals surface area contributed by atoms with Gasteiger partial charge in [-0.25, -0.2) is 4.79 Å². The van der Waals surface area contributed by atoms with E-state index in [1.54, 1.807) is 0 Å². The van der Waals surface area contributed by atoms with E-state index in [4.69, 9.17) is 10.5 Å². The van der Waals surface area contributed by atoms with Gasteiger partial charge in [-0.1, -0.05) is 31.2 Å². The van der Waals surface area contributed by atoms with Crippen molar-refractivity contribution in [2.75, 3.05) is 6.54 Å². The Bertz CT molecular complexity index is 549. The molecule has 23 heavy (non-hydrogen) atoms. The summed E-state index contributed by atoms with van der Waals surface area (Å²) in [4.78, 5) is 14.5. The second-order valence-electron chi connectivity index (χ2n) is 7.74. The summed E-state index contributed by atoms with van der Waals surface area (Å²) >= 11 is 0. The first-order valence-corrected chi connectivity index (χ1v) is 8.53. The normalized spacial score (nSPS) is 23.5. The summed E-state index contributed by atoms with van der Waals surface area (Å²) in [6, 6.07) is 8.17. The zero-order chi connectivity index (χ0) is 17.2. The molecule has 0 saturated carbocycles. The van der Waals surface area contributed by atoms with Gasteiger partial charge < -0.3 is 15.4 Å². The van der Waals surface area contributed by atoms with E-state index in [0.29, 0.717) is 5.92 Å². The van der Waals surface area contributed by atoms with Gasteiger partial charge in [-0.2, -0.15) is 0 Å². The van der Waals surface area contributed by atoms with E-state index >= 15 is 0 Å². The minimum absolute atomic E-state index is 0.0378. The third-order valence-electron chi connectivity index (χ3n) is 4.34. The van der Waals surface area contributed by atoms with Gasteiger partial charge in [0.25, 0.3) is 0 Å². The van der Waals surface area contributed by atoms with E-state index in [9.17, 15) is 4.79 Å². The molecule has 1 unspecified atom stereocenters. The molecule has 3 atom stereocenters. The molecule has 1 amide bonds. The second-order valence-corrected chi connectivity index (χ2v) is 7.74. The van der Waals surface area contributed by atoms with Crippen LogP contribution in [0.2, 0.25) is 0 Å². The van der Waals surface area contributed by atoms with Crippen LogP contribution in [0.15, 0.2) is 24.3 Å². The molecule has 1 aliphatic heterocycles. The SMILES string of the molecule is C[C@@H]1CCN(C(=O)OC(C)(C)C)C(c2ccccc2[C@@H](C)N)C1. The van der Waals surface area contributed by atoms with Crippen molar-refractivity contribution in [3.8, 4) is 0 Å². The molecule has 2 N–H and O–H groups in total. The Morgan fingerprint density at radius 2 is 2.00 bits per heavy atom. The lowest BCUT2D eigenvalue weighted by molar-refractivity contribution is 0.00498. The fourth-order valence-electron chi connectivity index (χ4n) is 3.20. The quantitative estimate of drug-likeness (QED) is 0.878. The lowest BCUT2D eigenvalue weighted by Crippen LogP contribution is -2.43. The molecule has 1 aliphatic rings. The number of carbonyl (C=O) groups excluding carboxylic acids is 1. The maximum absolute atomic E-state index is 12.7. The Morgan fingerprint density at radius 1 is 1.35 bits per heavy atom. The first-order valence-electron chi connectivity index (χ1n) is 8.53. The Balaban J connectivity index is 2.33. The van der Waals surface area contributed by atoms with Crippen molar-refractivity contribution in [2.45, 2.75) is 65.1 Å². The van der Waals surface area contributed by atoms with Gasteiger partial charge in [-0.3, -0.25) is 0 Å². The van der Waals surface area contributed by atoms with Gasteiger partial charge in [-0.05, 0) is 57.6 Å². The van der Waals surface area contributed by atoms with Crippen molar-refractivity contribution < 1.29 is 9.53 Å². The van der Waals surface area contributed by atoms with Crippen molar-refractivity contribution >= 4 is 6.09 Å². The number of piperidine rings is 1. The van der Waals surface area contributed by atoms with Crippen molar-refractivity contribution in [1.82, 2.24) is 4.90 Å².